The van der Waals surface area contributed by atoms with Crippen LogP contribution in [-0.2, 0) is 17.4 Å². The van der Waals surface area contributed by atoms with E-state index in [1.165, 1.54) is 11.1 Å². The zero-order chi connectivity index (χ0) is 25.9. The largest absolute Gasteiger partial charge is 0.324 e. The molecule has 0 atom stereocenters. The molecule has 2 N–H and O–H groups in total. The highest BCUT2D eigenvalue weighted by Gasteiger charge is 2.32. The third-order valence-corrected chi connectivity index (χ3v) is 7.38. The average Bonchev–Trinajstić information content (AvgIpc) is 3.67. The number of hydrogen-bond donors (Lipinski definition) is 2. The summed E-state index contributed by atoms with van der Waals surface area (Å²) in [6.45, 7) is 8.99. The number of anilines is 2. The highest BCUT2D eigenvalue weighted by atomic mass is 16.1. The number of fused-ring (bicyclic) bond motifs is 2. The summed E-state index contributed by atoms with van der Waals surface area (Å²) in [6, 6.07) is 14.3. The predicted molar refractivity (Wildman–Crippen MR) is 142 cm³/mol. The molecule has 37 heavy (non-hydrogen) atoms. The highest BCUT2D eigenvalue weighted by Crippen LogP contribution is 2.36. The van der Waals surface area contributed by atoms with Gasteiger partial charge in [-0.15, -0.1) is 0 Å². The number of hydrogen-bond acceptors (Lipinski definition) is 7. The van der Waals surface area contributed by atoms with Crippen LogP contribution in [0.15, 0.2) is 47.4 Å². The standard InChI is InChI=1S/C28H30N8O/c1-27(2,16-29)22-6-5-7-23(33-22)36-24-20(25(37)35(36)19-9-10-19)15-30-26(34-24)32-18-8-11-21-17(14-18)12-13-31-28(21,3)4/h5-8,11,14-15,19,31H,9-10,12-13H2,1-4H3,(H,30,32,34). The van der Waals surface area contributed by atoms with E-state index in [-0.39, 0.29) is 17.1 Å². The third-order valence-electron chi connectivity index (χ3n) is 7.38. The van der Waals surface area contributed by atoms with Crippen LogP contribution in [0.1, 0.15) is 63.4 Å². The fourth-order valence-electron chi connectivity index (χ4n) is 5.10. The fourth-order valence-corrected chi connectivity index (χ4v) is 5.10. The summed E-state index contributed by atoms with van der Waals surface area (Å²) >= 11 is 0. The van der Waals surface area contributed by atoms with Gasteiger partial charge in [0.1, 0.15) is 5.39 Å². The Morgan fingerprint density at radius 2 is 2.00 bits per heavy atom. The van der Waals surface area contributed by atoms with Crippen LogP contribution in [0.4, 0.5) is 11.6 Å². The molecule has 1 aliphatic carbocycles. The van der Waals surface area contributed by atoms with Crippen LogP contribution in [0, 0.1) is 11.3 Å². The number of rotatable bonds is 5. The van der Waals surface area contributed by atoms with Crippen LogP contribution in [0.25, 0.3) is 16.9 Å². The number of pyridine rings is 1. The minimum atomic E-state index is -0.762. The molecule has 0 amide bonds. The van der Waals surface area contributed by atoms with Crippen molar-refractivity contribution >= 4 is 22.7 Å². The zero-order valence-corrected chi connectivity index (χ0v) is 21.5. The predicted octanol–water partition coefficient (Wildman–Crippen LogP) is 4.24. The maximum atomic E-state index is 13.4. The summed E-state index contributed by atoms with van der Waals surface area (Å²) in [6.07, 6.45) is 4.41. The van der Waals surface area contributed by atoms with Crippen LogP contribution in [0.5, 0.6) is 0 Å². The van der Waals surface area contributed by atoms with E-state index >= 15 is 0 Å². The molecule has 3 aromatic heterocycles. The maximum Gasteiger partial charge on any atom is 0.278 e. The van der Waals surface area contributed by atoms with E-state index in [1.54, 1.807) is 15.6 Å². The highest BCUT2D eigenvalue weighted by molar-refractivity contribution is 5.77. The van der Waals surface area contributed by atoms with Crippen LogP contribution in [0.2, 0.25) is 0 Å². The van der Waals surface area contributed by atoms with Gasteiger partial charge in [0.15, 0.2) is 11.5 Å². The fraction of sp³-hybridized carbons (Fsp3) is 0.393. The minimum Gasteiger partial charge on any atom is -0.324 e. The Labute approximate surface area is 215 Å². The van der Waals surface area contributed by atoms with Gasteiger partial charge in [-0.05, 0) is 88.9 Å². The molecule has 4 heterocycles. The molecule has 0 spiro atoms. The Morgan fingerprint density at radius 1 is 1.19 bits per heavy atom. The number of nitrogens with one attached hydrogen (secondary N) is 2. The van der Waals surface area contributed by atoms with Crippen molar-refractivity contribution in [3.05, 3.63) is 69.8 Å². The van der Waals surface area contributed by atoms with Gasteiger partial charge in [-0.2, -0.15) is 10.2 Å². The molecular formula is C28H30N8O. The molecule has 9 heteroatoms. The number of benzene rings is 1. The van der Waals surface area contributed by atoms with Gasteiger partial charge in [-0.1, -0.05) is 12.1 Å². The minimum absolute atomic E-state index is 0.0645. The normalized spacial score (nSPS) is 16.8. The maximum absolute atomic E-state index is 13.4. The molecule has 6 rings (SSSR count). The molecule has 0 bridgehead atoms. The molecule has 1 fully saturated rings. The molecule has 1 aromatic carbocycles. The van der Waals surface area contributed by atoms with E-state index in [2.05, 4.69) is 47.7 Å². The van der Waals surface area contributed by atoms with Crippen molar-refractivity contribution in [2.24, 2.45) is 0 Å². The lowest BCUT2D eigenvalue weighted by atomic mass is 9.85. The quantitative estimate of drug-likeness (QED) is 0.427. The molecule has 0 saturated heterocycles. The molecule has 0 unspecified atom stereocenters. The van der Waals surface area contributed by atoms with Gasteiger partial charge in [-0.3, -0.25) is 4.79 Å². The Balaban J connectivity index is 1.45. The van der Waals surface area contributed by atoms with Gasteiger partial charge in [0, 0.05) is 17.4 Å². The monoisotopic (exact) mass is 494 g/mol. The van der Waals surface area contributed by atoms with Crippen molar-refractivity contribution < 1.29 is 0 Å². The first-order valence-electron chi connectivity index (χ1n) is 12.7. The number of nitriles is 1. The third kappa shape index (κ3) is 3.98. The first-order valence-corrected chi connectivity index (χ1v) is 12.7. The van der Waals surface area contributed by atoms with E-state index < -0.39 is 5.41 Å². The lowest BCUT2D eigenvalue weighted by Gasteiger charge is -2.34. The smallest absolute Gasteiger partial charge is 0.278 e. The van der Waals surface area contributed by atoms with Gasteiger partial charge < -0.3 is 10.6 Å². The molecule has 188 valence electrons. The van der Waals surface area contributed by atoms with E-state index in [0.717, 1.165) is 31.5 Å². The SMILES string of the molecule is CC(C)(C#N)c1cccc(-n2c3nc(Nc4ccc5c(c4)CCNC5(C)C)ncc3c(=O)n2C2CC2)n1. The molecule has 2 aliphatic rings. The van der Waals surface area contributed by atoms with Gasteiger partial charge in [0.05, 0.1) is 23.2 Å². The molecule has 9 nitrogen and oxygen atoms in total. The lowest BCUT2D eigenvalue weighted by Crippen LogP contribution is -2.42. The van der Waals surface area contributed by atoms with Crippen molar-refractivity contribution in [2.75, 3.05) is 11.9 Å². The molecule has 4 aromatic rings. The van der Waals surface area contributed by atoms with Crippen LogP contribution in [-0.4, -0.2) is 30.9 Å². The van der Waals surface area contributed by atoms with Crippen molar-refractivity contribution in [2.45, 2.75) is 64.0 Å². The van der Waals surface area contributed by atoms with E-state index in [4.69, 9.17) is 9.97 Å². The summed E-state index contributed by atoms with van der Waals surface area (Å²) in [7, 11) is 0. The summed E-state index contributed by atoms with van der Waals surface area (Å²) < 4.78 is 3.53. The molecule has 0 radical (unpaired) electrons. The van der Waals surface area contributed by atoms with Crippen LogP contribution in [0.3, 0.4) is 0 Å². The lowest BCUT2D eigenvalue weighted by molar-refractivity contribution is 0.382. The van der Waals surface area contributed by atoms with Crippen molar-refractivity contribution in [3.8, 4) is 11.9 Å². The summed E-state index contributed by atoms with van der Waals surface area (Å²) in [5, 5.41) is 17.0. The van der Waals surface area contributed by atoms with Gasteiger partial charge in [0.2, 0.25) is 5.95 Å². The zero-order valence-electron chi connectivity index (χ0n) is 21.5. The second-order valence-electron chi connectivity index (χ2n) is 11.0. The van der Waals surface area contributed by atoms with E-state index in [0.29, 0.717) is 28.5 Å². The second kappa shape index (κ2) is 8.25. The Kier molecular flexibility index (Phi) is 5.21. The Bertz CT molecular complexity index is 1630. The van der Waals surface area contributed by atoms with Crippen LogP contribution < -0.4 is 16.2 Å². The molecular weight excluding hydrogens is 464 g/mol. The van der Waals surface area contributed by atoms with Crippen molar-refractivity contribution in [1.82, 2.24) is 29.6 Å². The number of nitrogens with zero attached hydrogens (tertiary/aromatic N) is 6. The topological polar surface area (TPSA) is 113 Å². The van der Waals surface area contributed by atoms with E-state index in [9.17, 15) is 10.1 Å². The van der Waals surface area contributed by atoms with Crippen molar-refractivity contribution in [3.63, 3.8) is 0 Å². The van der Waals surface area contributed by atoms with Crippen LogP contribution >= 0.6 is 0 Å². The van der Waals surface area contributed by atoms with Gasteiger partial charge >= 0.3 is 0 Å². The van der Waals surface area contributed by atoms with Gasteiger partial charge in [0.25, 0.3) is 5.56 Å². The first-order chi connectivity index (χ1) is 17.7. The Hall–Kier alpha value is -4.03. The average molecular weight is 495 g/mol. The summed E-state index contributed by atoms with van der Waals surface area (Å²) in [5.74, 6) is 0.976. The second-order valence-corrected chi connectivity index (χ2v) is 11.0. The number of aromatic nitrogens is 5. The molecule has 1 saturated carbocycles. The summed E-state index contributed by atoms with van der Waals surface area (Å²) in [4.78, 5) is 27.4. The van der Waals surface area contributed by atoms with E-state index in [1.807, 2.05) is 38.1 Å². The van der Waals surface area contributed by atoms with Gasteiger partial charge in [-0.25, -0.2) is 19.3 Å². The summed E-state index contributed by atoms with van der Waals surface area (Å²) in [5.41, 5.74) is 3.68. The Morgan fingerprint density at radius 3 is 2.76 bits per heavy atom. The first kappa shape index (κ1) is 23.4. The van der Waals surface area contributed by atoms with Crippen molar-refractivity contribution in [1.29, 1.82) is 5.26 Å². The molecule has 1 aliphatic heterocycles.